The molecule has 0 unspecified atom stereocenters. The summed E-state index contributed by atoms with van der Waals surface area (Å²) in [6.07, 6.45) is 3.78. The molecule has 0 bridgehead atoms. The summed E-state index contributed by atoms with van der Waals surface area (Å²) in [6, 6.07) is 15.0. The Morgan fingerprint density at radius 3 is 2.67 bits per heavy atom. The zero-order valence-electron chi connectivity index (χ0n) is 14.8. The predicted octanol–water partition coefficient (Wildman–Crippen LogP) is 3.29. The SMILES string of the molecule is O=C(CCn1cnc2ccccc2c1=O)NCC1(c2ccccc2Cl)CC1. The highest BCUT2D eigenvalue weighted by atomic mass is 35.5. The highest BCUT2D eigenvalue weighted by molar-refractivity contribution is 6.31. The van der Waals surface area contributed by atoms with E-state index in [9.17, 15) is 9.59 Å². The van der Waals surface area contributed by atoms with Crippen molar-refractivity contribution in [3.8, 4) is 0 Å². The fourth-order valence-electron chi connectivity index (χ4n) is 3.43. The van der Waals surface area contributed by atoms with Crippen LogP contribution in [0.4, 0.5) is 0 Å². The maximum absolute atomic E-state index is 12.5. The summed E-state index contributed by atoms with van der Waals surface area (Å²) in [5.41, 5.74) is 1.60. The number of rotatable bonds is 6. The Bertz CT molecular complexity index is 1060. The molecular weight excluding hydrogens is 362 g/mol. The van der Waals surface area contributed by atoms with Crippen LogP contribution in [-0.4, -0.2) is 22.0 Å². The van der Waals surface area contributed by atoms with Crippen molar-refractivity contribution in [2.75, 3.05) is 6.54 Å². The minimum atomic E-state index is -0.122. The van der Waals surface area contributed by atoms with E-state index in [2.05, 4.69) is 10.3 Å². The Hall–Kier alpha value is -2.66. The molecule has 1 fully saturated rings. The van der Waals surface area contributed by atoms with Gasteiger partial charge >= 0.3 is 0 Å². The molecule has 3 aromatic rings. The van der Waals surface area contributed by atoms with E-state index in [1.165, 1.54) is 10.9 Å². The van der Waals surface area contributed by atoms with Crippen LogP contribution >= 0.6 is 11.6 Å². The van der Waals surface area contributed by atoms with Crippen molar-refractivity contribution in [3.05, 3.63) is 75.8 Å². The molecular formula is C21H20ClN3O2. The molecule has 1 aliphatic carbocycles. The summed E-state index contributed by atoms with van der Waals surface area (Å²) in [7, 11) is 0. The van der Waals surface area contributed by atoms with Crippen LogP contribution in [0, 0.1) is 0 Å². The first-order valence-electron chi connectivity index (χ1n) is 9.05. The third-order valence-corrected chi connectivity index (χ3v) is 5.56. The second-order valence-corrected chi connectivity index (χ2v) is 7.45. The van der Waals surface area contributed by atoms with E-state index >= 15 is 0 Å². The summed E-state index contributed by atoms with van der Waals surface area (Å²) < 4.78 is 1.49. The van der Waals surface area contributed by atoms with Crippen LogP contribution in [0.5, 0.6) is 0 Å². The molecule has 138 valence electrons. The van der Waals surface area contributed by atoms with E-state index in [-0.39, 0.29) is 23.3 Å². The van der Waals surface area contributed by atoms with E-state index in [0.717, 1.165) is 23.4 Å². The van der Waals surface area contributed by atoms with Gasteiger partial charge < -0.3 is 5.32 Å². The number of nitrogens with one attached hydrogen (secondary N) is 1. The number of amides is 1. The number of hydrogen-bond acceptors (Lipinski definition) is 3. The Labute approximate surface area is 162 Å². The van der Waals surface area contributed by atoms with Crippen molar-refractivity contribution in [1.29, 1.82) is 0 Å². The molecule has 4 rings (SSSR count). The van der Waals surface area contributed by atoms with Gasteiger partial charge in [0, 0.05) is 29.9 Å². The van der Waals surface area contributed by atoms with Gasteiger partial charge in [-0.1, -0.05) is 41.9 Å². The molecule has 0 atom stereocenters. The minimum Gasteiger partial charge on any atom is -0.355 e. The average Bonchev–Trinajstić information content (AvgIpc) is 3.47. The van der Waals surface area contributed by atoms with Crippen LogP contribution in [-0.2, 0) is 16.8 Å². The zero-order valence-corrected chi connectivity index (χ0v) is 15.6. The number of fused-ring (bicyclic) bond motifs is 1. The molecule has 1 aromatic heterocycles. The van der Waals surface area contributed by atoms with Gasteiger partial charge in [-0.15, -0.1) is 0 Å². The normalized spacial score (nSPS) is 14.9. The molecule has 5 nitrogen and oxygen atoms in total. The lowest BCUT2D eigenvalue weighted by Gasteiger charge is -2.18. The first-order chi connectivity index (χ1) is 13.1. The van der Waals surface area contributed by atoms with Gasteiger partial charge in [-0.05, 0) is 36.6 Å². The van der Waals surface area contributed by atoms with Crippen molar-refractivity contribution in [3.63, 3.8) is 0 Å². The molecule has 1 heterocycles. The molecule has 1 amide bonds. The van der Waals surface area contributed by atoms with Gasteiger partial charge in [0.05, 0.1) is 17.2 Å². The van der Waals surface area contributed by atoms with Gasteiger partial charge in [0.25, 0.3) is 5.56 Å². The van der Waals surface area contributed by atoms with Crippen LogP contribution in [0.25, 0.3) is 10.9 Å². The zero-order chi connectivity index (χ0) is 18.9. The van der Waals surface area contributed by atoms with Gasteiger partial charge in [-0.3, -0.25) is 14.2 Å². The fourth-order valence-corrected chi connectivity index (χ4v) is 3.76. The van der Waals surface area contributed by atoms with Gasteiger partial charge in [0.1, 0.15) is 0 Å². The van der Waals surface area contributed by atoms with E-state index in [4.69, 9.17) is 11.6 Å². The molecule has 0 spiro atoms. The number of aryl methyl sites for hydroxylation is 1. The number of para-hydroxylation sites is 1. The maximum atomic E-state index is 12.5. The highest BCUT2D eigenvalue weighted by Crippen LogP contribution is 2.49. The second kappa shape index (κ2) is 7.16. The molecule has 1 N–H and O–H groups in total. The summed E-state index contributed by atoms with van der Waals surface area (Å²) in [4.78, 5) is 29.1. The minimum absolute atomic E-state index is 0.0463. The van der Waals surface area contributed by atoms with Crippen LogP contribution in [0.3, 0.4) is 0 Å². The average molecular weight is 382 g/mol. The molecule has 2 aromatic carbocycles. The van der Waals surface area contributed by atoms with Crippen molar-refractivity contribution in [1.82, 2.24) is 14.9 Å². The largest absolute Gasteiger partial charge is 0.355 e. The van der Waals surface area contributed by atoms with E-state index in [1.807, 2.05) is 36.4 Å². The van der Waals surface area contributed by atoms with E-state index < -0.39 is 0 Å². The number of halogens is 1. The second-order valence-electron chi connectivity index (χ2n) is 7.05. The number of carbonyl (C=O) groups is 1. The number of hydrogen-bond donors (Lipinski definition) is 1. The smallest absolute Gasteiger partial charge is 0.261 e. The Morgan fingerprint density at radius 2 is 1.89 bits per heavy atom. The first kappa shape index (κ1) is 17.7. The molecule has 0 aliphatic heterocycles. The topological polar surface area (TPSA) is 64.0 Å². The van der Waals surface area contributed by atoms with E-state index in [1.54, 1.807) is 12.1 Å². The lowest BCUT2D eigenvalue weighted by molar-refractivity contribution is -0.121. The molecule has 0 radical (unpaired) electrons. The van der Waals surface area contributed by atoms with Crippen LogP contribution < -0.4 is 10.9 Å². The lowest BCUT2D eigenvalue weighted by Crippen LogP contribution is -2.33. The molecule has 1 aliphatic rings. The predicted molar refractivity (Wildman–Crippen MR) is 106 cm³/mol. The monoisotopic (exact) mass is 381 g/mol. The third-order valence-electron chi connectivity index (χ3n) is 5.23. The number of benzene rings is 2. The van der Waals surface area contributed by atoms with Crippen molar-refractivity contribution < 1.29 is 4.79 Å². The molecule has 6 heteroatoms. The van der Waals surface area contributed by atoms with Gasteiger partial charge in [-0.25, -0.2) is 4.98 Å². The fraction of sp³-hybridized carbons (Fsp3) is 0.286. The lowest BCUT2D eigenvalue weighted by atomic mass is 9.96. The summed E-state index contributed by atoms with van der Waals surface area (Å²) in [5, 5.41) is 4.32. The Balaban J connectivity index is 1.38. The molecule has 0 saturated heterocycles. The van der Waals surface area contributed by atoms with E-state index in [0.29, 0.717) is 24.0 Å². The number of aromatic nitrogens is 2. The summed E-state index contributed by atoms with van der Waals surface area (Å²) in [6.45, 7) is 0.877. The van der Waals surface area contributed by atoms with Gasteiger partial charge in [-0.2, -0.15) is 0 Å². The Kier molecular flexibility index (Phi) is 4.70. The van der Waals surface area contributed by atoms with Crippen LogP contribution in [0.1, 0.15) is 24.8 Å². The van der Waals surface area contributed by atoms with Gasteiger partial charge in [0.15, 0.2) is 0 Å². The first-order valence-corrected chi connectivity index (χ1v) is 9.43. The quantitative estimate of drug-likeness (QED) is 0.712. The maximum Gasteiger partial charge on any atom is 0.261 e. The number of carbonyl (C=O) groups excluding carboxylic acids is 1. The van der Waals surface area contributed by atoms with Crippen molar-refractivity contribution >= 4 is 28.4 Å². The van der Waals surface area contributed by atoms with Crippen molar-refractivity contribution in [2.45, 2.75) is 31.2 Å². The molecule has 1 saturated carbocycles. The van der Waals surface area contributed by atoms with Crippen LogP contribution in [0.2, 0.25) is 5.02 Å². The Morgan fingerprint density at radius 1 is 1.15 bits per heavy atom. The van der Waals surface area contributed by atoms with Crippen LogP contribution in [0.15, 0.2) is 59.7 Å². The number of nitrogens with zero attached hydrogens (tertiary/aromatic N) is 2. The van der Waals surface area contributed by atoms with Crippen molar-refractivity contribution in [2.24, 2.45) is 0 Å². The van der Waals surface area contributed by atoms with Gasteiger partial charge in [0.2, 0.25) is 5.91 Å². The summed E-state index contributed by atoms with van der Waals surface area (Å²) in [5.74, 6) is -0.0756. The molecule has 27 heavy (non-hydrogen) atoms. The standard InChI is InChI=1S/C21H20ClN3O2/c22-17-7-3-2-6-16(17)21(10-11-21)13-23-19(26)9-12-25-14-24-18-8-4-1-5-15(18)20(25)27/h1-8,14H,9-13H2,(H,23,26). The third kappa shape index (κ3) is 3.60. The summed E-state index contributed by atoms with van der Waals surface area (Å²) >= 11 is 6.31. The highest BCUT2D eigenvalue weighted by Gasteiger charge is 2.45.